The van der Waals surface area contributed by atoms with E-state index in [9.17, 15) is 19.7 Å². The maximum atomic E-state index is 12.9. The van der Waals surface area contributed by atoms with Gasteiger partial charge in [-0.1, -0.05) is 23.7 Å². The number of ether oxygens (including phenoxy) is 1. The largest absolute Gasteiger partial charge is 0.481 e. The van der Waals surface area contributed by atoms with Crippen molar-refractivity contribution in [2.45, 2.75) is 0 Å². The standard InChI is InChI=1S/C18H14ClN3O6/c19-14-3-1-2-4-15(14)21-9-11(8-20-21)18(25)13-7-12(22(26)27)5-6-16(13)28-10-17(23)24/h1-8,11H,9-10H2,(H,23,24). The van der Waals surface area contributed by atoms with Gasteiger partial charge in [0.25, 0.3) is 5.69 Å². The van der Waals surface area contributed by atoms with E-state index in [-0.39, 0.29) is 23.5 Å². The summed E-state index contributed by atoms with van der Waals surface area (Å²) in [5.41, 5.74) is 0.244. The molecule has 0 aliphatic carbocycles. The van der Waals surface area contributed by atoms with E-state index in [1.165, 1.54) is 12.3 Å². The molecule has 3 rings (SSSR count). The summed E-state index contributed by atoms with van der Waals surface area (Å²) in [7, 11) is 0. The molecule has 0 radical (unpaired) electrons. The number of nitro groups is 1. The molecule has 1 aliphatic rings. The number of anilines is 1. The molecular formula is C18H14ClN3O6. The summed E-state index contributed by atoms with van der Waals surface area (Å²) in [4.78, 5) is 34.1. The molecule has 1 N–H and O–H groups in total. The number of rotatable bonds is 7. The third-order valence-electron chi connectivity index (χ3n) is 4.01. The molecule has 1 unspecified atom stereocenters. The average Bonchev–Trinajstić information content (AvgIpc) is 3.15. The van der Waals surface area contributed by atoms with Crippen molar-refractivity contribution in [2.75, 3.05) is 18.2 Å². The number of carbonyl (C=O) groups excluding carboxylic acids is 1. The van der Waals surface area contributed by atoms with Gasteiger partial charge in [-0.3, -0.25) is 19.9 Å². The van der Waals surface area contributed by atoms with Crippen molar-refractivity contribution < 1.29 is 24.4 Å². The Labute approximate surface area is 163 Å². The number of nitro benzene ring substituents is 1. The van der Waals surface area contributed by atoms with Crippen LogP contribution < -0.4 is 9.75 Å². The van der Waals surface area contributed by atoms with Gasteiger partial charge in [0.1, 0.15) is 5.75 Å². The highest BCUT2D eigenvalue weighted by atomic mass is 35.5. The van der Waals surface area contributed by atoms with E-state index < -0.39 is 29.2 Å². The number of hydrogen-bond donors (Lipinski definition) is 1. The van der Waals surface area contributed by atoms with Crippen molar-refractivity contribution in [1.29, 1.82) is 0 Å². The van der Waals surface area contributed by atoms with Gasteiger partial charge in [0.05, 0.1) is 33.7 Å². The number of hydrogen-bond acceptors (Lipinski definition) is 7. The molecule has 1 atom stereocenters. The minimum absolute atomic E-state index is 0.0393. The lowest BCUT2D eigenvalue weighted by Crippen LogP contribution is -2.25. The zero-order chi connectivity index (χ0) is 20.3. The summed E-state index contributed by atoms with van der Waals surface area (Å²) < 4.78 is 5.12. The molecule has 144 valence electrons. The van der Waals surface area contributed by atoms with Crippen LogP contribution in [0.25, 0.3) is 0 Å². The Hall–Kier alpha value is -3.46. The molecule has 10 heteroatoms. The molecule has 0 aromatic heterocycles. The first-order valence-corrected chi connectivity index (χ1v) is 8.48. The molecule has 0 amide bonds. The molecule has 0 saturated carbocycles. The minimum Gasteiger partial charge on any atom is -0.481 e. The number of Topliss-reactive ketones (excluding diaryl/α,β-unsaturated/α-hetero) is 1. The molecule has 9 nitrogen and oxygen atoms in total. The van der Waals surface area contributed by atoms with Crippen LogP contribution in [0.5, 0.6) is 5.75 Å². The molecule has 1 heterocycles. The van der Waals surface area contributed by atoms with Gasteiger partial charge in [0.15, 0.2) is 12.4 Å². The Morgan fingerprint density at radius 1 is 1.32 bits per heavy atom. The van der Waals surface area contributed by atoms with Crippen molar-refractivity contribution in [3.8, 4) is 5.75 Å². The van der Waals surface area contributed by atoms with Gasteiger partial charge in [0.2, 0.25) is 0 Å². The Bertz CT molecular complexity index is 978. The van der Waals surface area contributed by atoms with Gasteiger partial charge in [0, 0.05) is 18.3 Å². The van der Waals surface area contributed by atoms with Crippen LogP contribution in [0.1, 0.15) is 10.4 Å². The highest BCUT2D eigenvalue weighted by Crippen LogP contribution is 2.31. The van der Waals surface area contributed by atoms with Gasteiger partial charge >= 0.3 is 5.97 Å². The third-order valence-corrected chi connectivity index (χ3v) is 4.33. The number of hydrazone groups is 1. The fourth-order valence-corrected chi connectivity index (χ4v) is 2.94. The maximum Gasteiger partial charge on any atom is 0.341 e. The number of nitrogens with zero attached hydrogens (tertiary/aromatic N) is 3. The predicted octanol–water partition coefficient (Wildman–Crippen LogP) is 3.02. The summed E-state index contributed by atoms with van der Waals surface area (Å²) >= 11 is 6.15. The van der Waals surface area contributed by atoms with Crippen molar-refractivity contribution in [2.24, 2.45) is 11.0 Å². The predicted molar refractivity (Wildman–Crippen MR) is 101 cm³/mol. The van der Waals surface area contributed by atoms with Crippen LogP contribution in [0, 0.1) is 16.0 Å². The molecule has 0 saturated heterocycles. The van der Waals surface area contributed by atoms with E-state index in [0.717, 1.165) is 12.1 Å². The topological polar surface area (TPSA) is 122 Å². The summed E-state index contributed by atoms with van der Waals surface area (Å²) in [6.45, 7) is -0.494. The second kappa shape index (κ2) is 8.05. The highest BCUT2D eigenvalue weighted by Gasteiger charge is 2.30. The molecule has 2 aromatic carbocycles. The number of carboxylic acid groups (broad SMARTS) is 1. The lowest BCUT2D eigenvalue weighted by Gasteiger charge is -2.17. The smallest absolute Gasteiger partial charge is 0.341 e. The van der Waals surface area contributed by atoms with Gasteiger partial charge in [-0.25, -0.2) is 4.79 Å². The number of para-hydroxylation sites is 1. The Balaban J connectivity index is 1.86. The van der Waals surface area contributed by atoms with Gasteiger partial charge in [-0.2, -0.15) is 5.10 Å². The fourth-order valence-electron chi connectivity index (χ4n) is 2.70. The number of benzene rings is 2. The van der Waals surface area contributed by atoms with Crippen LogP contribution in [0.3, 0.4) is 0 Å². The molecular weight excluding hydrogens is 390 g/mol. The summed E-state index contributed by atoms with van der Waals surface area (Å²) in [6, 6.07) is 10.4. The van der Waals surface area contributed by atoms with Gasteiger partial charge < -0.3 is 9.84 Å². The number of non-ortho nitro benzene ring substituents is 1. The number of aliphatic carboxylic acids is 1. The molecule has 28 heavy (non-hydrogen) atoms. The summed E-state index contributed by atoms with van der Waals surface area (Å²) in [6.07, 6.45) is 1.42. The van der Waals surface area contributed by atoms with E-state index in [1.807, 2.05) is 0 Å². The van der Waals surface area contributed by atoms with E-state index in [4.69, 9.17) is 21.4 Å². The number of carboxylic acids is 1. The van der Waals surface area contributed by atoms with Crippen LogP contribution in [0.2, 0.25) is 5.02 Å². The van der Waals surface area contributed by atoms with E-state index in [0.29, 0.717) is 10.7 Å². The van der Waals surface area contributed by atoms with Crippen LogP contribution >= 0.6 is 11.6 Å². The first-order valence-electron chi connectivity index (χ1n) is 8.10. The van der Waals surface area contributed by atoms with Crippen molar-refractivity contribution >= 4 is 40.9 Å². The highest BCUT2D eigenvalue weighted by molar-refractivity contribution is 6.33. The van der Waals surface area contributed by atoms with E-state index >= 15 is 0 Å². The minimum atomic E-state index is -1.23. The Morgan fingerprint density at radius 3 is 2.75 bits per heavy atom. The zero-order valence-electron chi connectivity index (χ0n) is 14.3. The fraction of sp³-hybridized carbons (Fsp3) is 0.167. The third kappa shape index (κ3) is 4.09. The first-order chi connectivity index (χ1) is 13.4. The normalized spacial score (nSPS) is 15.5. The molecule has 0 fully saturated rings. The maximum absolute atomic E-state index is 12.9. The first kappa shape index (κ1) is 19.3. The van der Waals surface area contributed by atoms with Crippen LogP contribution in [0.15, 0.2) is 47.6 Å². The second-order valence-electron chi connectivity index (χ2n) is 5.89. The van der Waals surface area contributed by atoms with Crippen LogP contribution in [-0.4, -0.2) is 41.1 Å². The van der Waals surface area contributed by atoms with Gasteiger partial charge in [-0.15, -0.1) is 0 Å². The number of ketones is 1. The van der Waals surface area contributed by atoms with Crippen molar-refractivity contribution in [3.05, 3.63) is 63.2 Å². The number of halogens is 1. The SMILES string of the molecule is O=C(O)COc1ccc([N+](=O)[O-])cc1C(=O)C1C=NN(c2ccccc2Cl)C1. The summed E-state index contributed by atoms with van der Waals surface area (Å²) in [5, 5.41) is 26.1. The molecule has 0 spiro atoms. The van der Waals surface area contributed by atoms with Crippen molar-refractivity contribution in [1.82, 2.24) is 0 Å². The van der Waals surface area contributed by atoms with E-state index in [1.54, 1.807) is 29.3 Å². The Kier molecular flexibility index (Phi) is 5.55. The molecule has 2 aromatic rings. The quantitative estimate of drug-likeness (QED) is 0.428. The lowest BCUT2D eigenvalue weighted by molar-refractivity contribution is -0.384. The van der Waals surface area contributed by atoms with Crippen molar-refractivity contribution in [3.63, 3.8) is 0 Å². The molecule has 1 aliphatic heterocycles. The van der Waals surface area contributed by atoms with E-state index in [2.05, 4.69) is 5.10 Å². The molecule has 0 bridgehead atoms. The second-order valence-corrected chi connectivity index (χ2v) is 6.30. The monoisotopic (exact) mass is 403 g/mol. The van der Waals surface area contributed by atoms with Gasteiger partial charge in [-0.05, 0) is 18.2 Å². The average molecular weight is 404 g/mol. The number of carbonyl (C=O) groups is 2. The van der Waals surface area contributed by atoms with Crippen LogP contribution in [0.4, 0.5) is 11.4 Å². The zero-order valence-corrected chi connectivity index (χ0v) is 15.1. The van der Waals surface area contributed by atoms with Crippen LogP contribution in [-0.2, 0) is 4.79 Å². The summed E-state index contributed by atoms with van der Waals surface area (Å²) in [5.74, 6) is -2.44. The Morgan fingerprint density at radius 2 is 2.07 bits per heavy atom. The lowest BCUT2D eigenvalue weighted by atomic mass is 9.97.